The van der Waals surface area contributed by atoms with Crippen molar-refractivity contribution in [3.05, 3.63) is 0 Å². The number of likely N-dealkylation sites (tertiary alicyclic amines) is 1. The van der Waals surface area contributed by atoms with Gasteiger partial charge in [-0.2, -0.15) is 0 Å². The molecule has 0 spiro atoms. The lowest BCUT2D eigenvalue weighted by Gasteiger charge is -2.42. The van der Waals surface area contributed by atoms with E-state index in [1.54, 1.807) is 0 Å². The highest BCUT2D eigenvalue weighted by Crippen LogP contribution is 2.43. The molecule has 0 aromatic carbocycles. The SMILES string of the molecule is O=C(O)CC1(N2CCCC2)CCN2CCCC21. The molecule has 3 saturated heterocycles. The van der Waals surface area contributed by atoms with Crippen LogP contribution in [0, 0.1) is 0 Å². The average Bonchev–Trinajstić information content (AvgIpc) is 2.94. The summed E-state index contributed by atoms with van der Waals surface area (Å²) in [6, 6.07) is 0.511. The summed E-state index contributed by atoms with van der Waals surface area (Å²) in [6.45, 7) is 4.50. The third-order valence-electron chi connectivity index (χ3n) is 5.01. The Morgan fingerprint density at radius 2 is 1.94 bits per heavy atom. The zero-order chi connectivity index (χ0) is 11.9. The van der Waals surface area contributed by atoms with Crippen molar-refractivity contribution in [2.75, 3.05) is 26.2 Å². The van der Waals surface area contributed by atoms with Crippen LogP contribution in [0.3, 0.4) is 0 Å². The summed E-state index contributed by atoms with van der Waals surface area (Å²) in [6.07, 6.45) is 6.34. The van der Waals surface area contributed by atoms with Crippen LogP contribution in [0.4, 0.5) is 0 Å². The van der Waals surface area contributed by atoms with E-state index in [2.05, 4.69) is 9.80 Å². The highest BCUT2D eigenvalue weighted by atomic mass is 16.4. The van der Waals surface area contributed by atoms with E-state index in [0.717, 1.165) is 26.1 Å². The lowest BCUT2D eigenvalue weighted by atomic mass is 9.83. The molecule has 0 amide bonds. The van der Waals surface area contributed by atoms with E-state index >= 15 is 0 Å². The standard InChI is InChI=1S/C13H22N2O2/c16-12(17)10-13(15-7-1-2-8-15)5-9-14-6-3-4-11(13)14/h11H,1-10H2,(H,16,17). The molecule has 17 heavy (non-hydrogen) atoms. The number of carbonyl (C=O) groups is 1. The van der Waals surface area contributed by atoms with Gasteiger partial charge in [0.25, 0.3) is 0 Å². The number of hydrogen-bond acceptors (Lipinski definition) is 3. The van der Waals surface area contributed by atoms with E-state index in [1.165, 1.54) is 32.2 Å². The maximum Gasteiger partial charge on any atom is 0.305 e. The minimum atomic E-state index is -0.620. The Morgan fingerprint density at radius 1 is 1.18 bits per heavy atom. The van der Waals surface area contributed by atoms with Crippen LogP contribution >= 0.6 is 0 Å². The van der Waals surface area contributed by atoms with Crippen molar-refractivity contribution in [2.45, 2.75) is 50.1 Å². The van der Waals surface area contributed by atoms with Crippen molar-refractivity contribution >= 4 is 5.97 Å². The molecule has 3 aliphatic heterocycles. The second-order valence-electron chi connectivity index (χ2n) is 5.81. The van der Waals surface area contributed by atoms with E-state index in [-0.39, 0.29) is 5.54 Å². The van der Waals surface area contributed by atoms with Crippen molar-refractivity contribution in [1.29, 1.82) is 0 Å². The Hall–Kier alpha value is -0.610. The van der Waals surface area contributed by atoms with Crippen LogP contribution in [0.25, 0.3) is 0 Å². The lowest BCUT2D eigenvalue weighted by molar-refractivity contribution is -0.140. The molecule has 0 radical (unpaired) electrons. The number of rotatable bonds is 3. The number of carboxylic acids is 1. The number of fused-ring (bicyclic) bond motifs is 1. The normalized spacial score (nSPS) is 38.7. The van der Waals surface area contributed by atoms with Gasteiger partial charge in [0.1, 0.15) is 0 Å². The van der Waals surface area contributed by atoms with E-state index < -0.39 is 5.97 Å². The Kier molecular flexibility index (Phi) is 2.87. The van der Waals surface area contributed by atoms with Gasteiger partial charge in [-0.15, -0.1) is 0 Å². The number of aliphatic carboxylic acids is 1. The summed E-state index contributed by atoms with van der Waals surface area (Å²) in [5.74, 6) is -0.620. The van der Waals surface area contributed by atoms with Crippen molar-refractivity contribution in [1.82, 2.24) is 9.80 Å². The Labute approximate surface area is 103 Å². The molecular weight excluding hydrogens is 216 g/mol. The zero-order valence-electron chi connectivity index (χ0n) is 10.4. The molecule has 4 nitrogen and oxygen atoms in total. The second-order valence-corrected chi connectivity index (χ2v) is 5.81. The zero-order valence-corrected chi connectivity index (χ0v) is 10.4. The first-order valence-corrected chi connectivity index (χ1v) is 6.93. The van der Waals surface area contributed by atoms with Gasteiger partial charge in [0.2, 0.25) is 0 Å². The molecule has 3 fully saturated rings. The first-order chi connectivity index (χ1) is 8.22. The first-order valence-electron chi connectivity index (χ1n) is 6.93. The molecule has 96 valence electrons. The summed E-state index contributed by atoms with van der Waals surface area (Å²) in [5.41, 5.74) is -0.0428. The molecule has 0 bridgehead atoms. The molecule has 2 unspecified atom stereocenters. The van der Waals surface area contributed by atoms with Crippen molar-refractivity contribution < 1.29 is 9.90 Å². The second kappa shape index (κ2) is 4.25. The molecule has 0 saturated carbocycles. The maximum atomic E-state index is 11.3. The number of nitrogens with zero attached hydrogens (tertiary/aromatic N) is 2. The summed E-state index contributed by atoms with van der Waals surface area (Å²) in [4.78, 5) is 16.3. The smallest absolute Gasteiger partial charge is 0.305 e. The predicted molar refractivity (Wildman–Crippen MR) is 65.0 cm³/mol. The molecule has 3 aliphatic rings. The van der Waals surface area contributed by atoms with Crippen molar-refractivity contribution in [3.8, 4) is 0 Å². The van der Waals surface area contributed by atoms with Gasteiger partial charge in [0, 0.05) is 18.1 Å². The fourth-order valence-corrected chi connectivity index (χ4v) is 4.32. The molecule has 2 atom stereocenters. The summed E-state index contributed by atoms with van der Waals surface area (Å²) < 4.78 is 0. The van der Waals surface area contributed by atoms with Gasteiger partial charge < -0.3 is 5.11 Å². The van der Waals surface area contributed by atoms with Crippen LogP contribution in [0.2, 0.25) is 0 Å². The lowest BCUT2D eigenvalue weighted by Crippen LogP contribution is -2.55. The van der Waals surface area contributed by atoms with Crippen molar-refractivity contribution in [2.24, 2.45) is 0 Å². The van der Waals surface area contributed by atoms with Crippen LogP contribution in [-0.2, 0) is 4.79 Å². The molecule has 3 rings (SSSR count). The van der Waals surface area contributed by atoms with Crippen LogP contribution in [-0.4, -0.2) is 58.6 Å². The van der Waals surface area contributed by atoms with Gasteiger partial charge in [-0.05, 0) is 51.7 Å². The predicted octanol–water partition coefficient (Wildman–Crippen LogP) is 1.16. The Balaban J connectivity index is 1.87. The summed E-state index contributed by atoms with van der Waals surface area (Å²) >= 11 is 0. The van der Waals surface area contributed by atoms with E-state index in [1.807, 2.05) is 0 Å². The molecule has 0 aliphatic carbocycles. The van der Waals surface area contributed by atoms with Crippen LogP contribution in [0.15, 0.2) is 0 Å². The number of hydrogen-bond donors (Lipinski definition) is 1. The van der Waals surface area contributed by atoms with Gasteiger partial charge in [0.05, 0.1) is 6.42 Å². The highest BCUT2D eigenvalue weighted by molar-refractivity contribution is 5.68. The first kappa shape index (κ1) is 11.5. The fraction of sp³-hybridized carbons (Fsp3) is 0.923. The molecule has 0 aromatic rings. The Bertz CT molecular complexity index is 315. The molecule has 1 N–H and O–H groups in total. The average molecular weight is 238 g/mol. The summed E-state index contributed by atoms with van der Waals surface area (Å²) in [5, 5.41) is 9.27. The fourth-order valence-electron chi connectivity index (χ4n) is 4.32. The van der Waals surface area contributed by atoms with E-state index in [0.29, 0.717) is 12.5 Å². The van der Waals surface area contributed by atoms with Crippen LogP contribution in [0.5, 0.6) is 0 Å². The largest absolute Gasteiger partial charge is 0.481 e. The quantitative estimate of drug-likeness (QED) is 0.801. The highest BCUT2D eigenvalue weighted by Gasteiger charge is 2.53. The third kappa shape index (κ3) is 1.78. The van der Waals surface area contributed by atoms with Gasteiger partial charge >= 0.3 is 5.97 Å². The van der Waals surface area contributed by atoms with Gasteiger partial charge in [0.15, 0.2) is 0 Å². The van der Waals surface area contributed by atoms with E-state index in [4.69, 9.17) is 0 Å². The molecule has 0 aromatic heterocycles. The minimum absolute atomic E-state index is 0.0428. The summed E-state index contributed by atoms with van der Waals surface area (Å²) in [7, 11) is 0. The third-order valence-corrected chi connectivity index (χ3v) is 5.01. The van der Waals surface area contributed by atoms with Gasteiger partial charge in [-0.3, -0.25) is 14.6 Å². The van der Waals surface area contributed by atoms with Gasteiger partial charge in [-0.1, -0.05) is 0 Å². The van der Waals surface area contributed by atoms with Crippen LogP contribution < -0.4 is 0 Å². The topological polar surface area (TPSA) is 43.8 Å². The Morgan fingerprint density at radius 3 is 2.65 bits per heavy atom. The van der Waals surface area contributed by atoms with Gasteiger partial charge in [-0.25, -0.2) is 0 Å². The molecule has 4 heteroatoms. The van der Waals surface area contributed by atoms with Crippen molar-refractivity contribution in [3.63, 3.8) is 0 Å². The number of carboxylic acid groups (broad SMARTS) is 1. The molecular formula is C13H22N2O2. The maximum absolute atomic E-state index is 11.3. The monoisotopic (exact) mass is 238 g/mol. The van der Waals surface area contributed by atoms with Crippen LogP contribution in [0.1, 0.15) is 38.5 Å². The molecule has 3 heterocycles. The van der Waals surface area contributed by atoms with E-state index in [9.17, 15) is 9.90 Å². The minimum Gasteiger partial charge on any atom is -0.481 e.